The average molecular weight is 580 g/mol. The number of nitrogens with zero attached hydrogens (tertiary/aromatic N) is 2. The Hall–Kier alpha value is -2.87. The van der Waals surface area contributed by atoms with Crippen molar-refractivity contribution in [3.8, 4) is 0 Å². The van der Waals surface area contributed by atoms with Crippen LogP contribution in [0.25, 0.3) is 0 Å². The molecule has 222 valence electrons. The van der Waals surface area contributed by atoms with Crippen LogP contribution in [-0.2, 0) is 31.6 Å². The van der Waals surface area contributed by atoms with E-state index < -0.39 is 22.0 Å². The van der Waals surface area contributed by atoms with Crippen LogP contribution in [0.3, 0.4) is 0 Å². The highest BCUT2D eigenvalue weighted by molar-refractivity contribution is 7.92. The maximum Gasteiger partial charge on any atom is 0.244 e. The lowest BCUT2D eigenvalue weighted by molar-refractivity contribution is -0.139. The highest BCUT2D eigenvalue weighted by Gasteiger charge is 2.51. The Morgan fingerprint density at radius 3 is 2.15 bits per heavy atom. The van der Waals surface area contributed by atoms with Crippen LogP contribution in [0.4, 0.5) is 5.69 Å². The lowest BCUT2D eigenvalue weighted by Crippen LogP contribution is -2.51. The summed E-state index contributed by atoms with van der Waals surface area (Å²) in [7, 11) is -3.76. The summed E-state index contributed by atoms with van der Waals surface area (Å²) in [6, 6.07) is 15.0. The van der Waals surface area contributed by atoms with E-state index in [0.717, 1.165) is 41.6 Å². The molecule has 41 heavy (non-hydrogen) atoms. The molecule has 4 saturated carbocycles. The zero-order valence-electron chi connectivity index (χ0n) is 24.9. The zero-order valence-corrected chi connectivity index (χ0v) is 25.8. The number of amides is 2. The normalized spacial score (nSPS) is 25.5. The molecule has 4 aliphatic rings. The van der Waals surface area contributed by atoms with E-state index in [1.54, 1.807) is 6.92 Å². The average Bonchev–Trinajstić information content (AvgIpc) is 2.91. The van der Waals surface area contributed by atoms with Gasteiger partial charge in [-0.15, -0.1) is 0 Å². The van der Waals surface area contributed by atoms with Crippen LogP contribution < -0.4 is 9.62 Å². The molecule has 6 rings (SSSR count). The number of nitrogens with one attached hydrogen (secondary N) is 1. The van der Waals surface area contributed by atoms with Gasteiger partial charge in [0.15, 0.2) is 0 Å². The summed E-state index contributed by atoms with van der Waals surface area (Å²) in [6.45, 7) is 6.01. The summed E-state index contributed by atoms with van der Waals surface area (Å²) in [4.78, 5) is 28.2. The van der Waals surface area contributed by atoms with Crippen LogP contribution in [0, 0.1) is 24.7 Å². The molecule has 2 amide bonds. The fourth-order valence-corrected chi connectivity index (χ4v) is 8.89. The Balaban J connectivity index is 1.38. The van der Waals surface area contributed by atoms with E-state index in [1.807, 2.05) is 50.2 Å². The topological polar surface area (TPSA) is 86.8 Å². The van der Waals surface area contributed by atoms with E-state index in [0.29, 0.717) is 12.2 Å². The highest BCUT2D eigenvalue weighted by Crippen LogP contribution is 2.60. The predicted octanol–water partition coefficient (Wildman–Crippen LogP) is 5.17. The molecule has 7 nitrogen and oxygen atoms in total. The second-order valence-electron chi connectivity index (χ2n) is 13.0. The Morgan fingerprint density at radius 1 is 1.00 bits per heavy atom. The summed E-state index contributed by atoms with van der Waals surface area (Å²) >= 11 is 0. The van der Waals surface area contributed by atoms with Gasteiger partial charge in [0.05, 0.1) is 11.9 Å². The van der Waals surface area contributed by atoms with Gasteiger partial charge < -0.3 is 10.2 Å². The number of rotatable bonds is 11. The first kappa shape index (κ1) is 29.6. The monoisotopic (exact) mass is 579 g/mol. The van der Waals surface area contributed by atoms with Gasteiger partial charge in [-0.05, 0) is 105 Å². The van der Waals surface area contributed by atoms with E-state index in [1.165, 1.54) is 53.3 Å². The van der Waals surface area contributed by atoms with E-state index in [2.05, 4.69) is 17.4 Å². The first-order valence-electron chi connectivity index (χ1n) is 15.2. The first-order chi connectivity index (χ1) is 19.5. The first-order valence-corrected chi connectivity index (χ1v) is 17.0. The number of aryl methyl sites for hydroxylation is 1. The molecule has 4 bridgehead atoms. The molecule has 2 aromatic rings. The zero-order chi connectivity index (χ0) is 29.4. The highest BCUT2D eigenvalue weighted by atomic mass is 32.2. The van der Waals surface area contributed by atoms with Crippen LogP contribution >= 0.6 is 0 Å². The van der Waals surface area contributed by atoms with Crippen LogP contribution in [0.1, 0.15) is 75.5 Å². The largest absolute Gasteiger partial charge is 0.354 e. The van der Waals surface area contributed by atoms with E-state index in [4.69, 9.17) is 0 Å². The molecule has 0 saturated heterocycles. The van der Waals surface area contributed by atoms with Gasteiger partial charge >= 0.3 is 0 Å². The minimum Gasteiger partial charge on any atom is -0.354 e. The molecule has 1 atom stereocenters. The van der Waals surface area contributed by atoms with Gasteiger partial charge in [0.25, 0.3) is 0 Å². The van der Waals surface area contributed by atoms with Gasteiger partial charge in [-0.1, -0.05) is 48.9 Å². The minimum absolute atomic E-state index is 0.212. The van der Waals surface area contributed by atoms with Crippen molar-refractivity contribution in [3.63, 3.8) is 0 Å². The van der Waals surface area contributed by atoms with Crippen LogP contribution in [0.2, 0.25) is 0 Å². The number of benzene rings is 2. The Kier molecular flexibility index (Phi) is 8.51. The van der Waals surface area contributed by atoms with Gasteiger partial charge in [0, 0.05) is 13.1 Å². The van der Waals surface area contributed by atoms with Gasteiger partial charge in [-0.3, -0.25) is 13.9 Å². The van der Waals surface area contributed by atoms with Crippen molar-refractivity contribution in [2.45, 2.75) is 83.7 Å². The van der Waals surface area contributed by atoms with Crippen molar-refractivity contribution >= 4 is 27.5 Å². The molecule has 8 heteroatoms. The van der Waals surface area contributed by atoms with Crippen molar-refractivity contribution in [1.82, 2.24) is 10.2 Å². The minimum atomic E-state index is -3.76. The third-order valence-corrected chi connectivity index (χ3v) is 10.8. The summed E-state index contributed by atoms with van der Waals surface area (Å²) in [5.41, 5.74) is 3.94. The van der Waals surface area contributed by atoms with Crippen molar-refractivity contribution in [2.75, 3.05) is 23.7 Å². The number of hydrogen-bond donors (Lipinski definition) is 1. The Labute approximate surface area is 245 Å². The molecule has 0 radical (unpaired) electrons. The molecule has 0 unspecified atom stereocenters. The molecule has 0 aromatic heterocycles. The number of hydrogen-bond acceptors (Lipinski definition) is 4. The second kappa shape index (κ2) is 11.8. The van der Waals surface area contributed by atoms with Crippen molar-refractivity contribution in [2.24, 2.45) is 17.8 Å². The number of carbonyl (C=O) groups is 2. The molecule has 1 N–H and O–H groups in total. The quantitative estimate of drug-likeness (QED) is 0.398. The third kappa shape index (κ3) is 6.47. The van der Waals surface area contributed by atoms with E-state index >= 15 is 0 Å². The standard InChI is InChI=1S/C33H45N3O4S/c1-5-13-34-32(38)24(3)35(21-25-8-6-7-23(2)14-25)31(37)22-36(41(4,39)40)30-11-9-29(10-12-30)33-18-26-15-27(19-33)17-28(16-26)20-33/h6-12,14,24,26-28H,5,13,15-22H2,1-4H3,(H,34,38)/t24-,26?,27?,28?,33?/m1/s1. The molecule has 0 heterocycles. The SMILES string of the molecule is CCCNC(=O)[C@@H](C)N(Cc1cccc(C)c1)C(=O)CN(c1ccc(C23CC4CC(CC(C4)C2)C3)cc1)S(C)(=O)=O. The number of sulfonamides is 1. The maximum atomic E-state index is 13.8. The second-order valence-corrected chi connectivity index (χ2v) is 14.9. The summed E-state index contributed by atoms with van der Waals surface area (Å²) in [6.07, 6.45) is 9.73. The van der Waals surface area contributed by atoms with E-state index in [-0.39, 0.29) is 24.4 Å². The summed E-state index contributed by atoms with van der Waals surface area (Å²) in [5, 5.41) is 2.88. The lowest BCUT2D eigenvalue weighted by atomic mass is 9.48. The molecule has 2 aromatic carbocycles. The molecule has 4 fully saturated rings. The number of anilines is 1. The molecule has 4 aliphatic carbocycles. The molecular weight excluding hydrogens is 534 g/mol. The fraction of sp³-hybridized carbons (Fsp3) is 0.576. The van der Waals surface area contributed by atoms with Gasteiger partial charge in [-0.25, -0.2) is 8.42 Å². The Bertz CT molecular complexity index is 1340. The molecular formula is C33H45N3O4S. The van der Waals surface area contributed by atoms with E-state index in [9.17, 15) is 18.0 Å². The summed E-state index contributed by atoms with van der Waals surface area (Å²) < 4.78 is 27.2. The van der Waals surface area contributed by atoms with Gasteiger partial charge in [-0.2, -0.15) is 0 Å². The van der Waals surface area contributed by atoms with Crippen LogP contribution in [0.15, 0.2) is 48.5 Å². The maximum absolute atomic E-state index is 13.8. The fourth-order valence-electron chi connectivity index (χ4n) is 8.04. The number of carbonyl (C=O) groups excluding carboxylic acids is 2. The molecule has 0 aliphatic heterocycles. The van der Waals surface area contributed by atoms with Crippen molar-refractivity contribution < 1.29 is 18.0 Å². The van der Waals surface area contributed by atoms with Crippen molar-refractivity contribution in [1.29, 1.82) is 0 Å². The molecule has 0 spiro atoms. The van der Waals surface area contributed by atoms with Crippen molar-refractivity contribution in [3.05, 3.63) is 65.2 Å². The van der Waals surface area contributed by atoms with Crippen LogP contribution in [-0.4, -0.2) is 50.5 Å². The smallest absolute Gasteiger partial charge is 0.244 e. The van der Waals surface area contributed by atoms with Gasteiger partial charge in [0.2, 0.25) is 21.8 Å². The predicted molar refractivity (Wildman–Crippen MR) is 163 cm³/mol. The van der Waals surface area contributed by atoms with Crippen LogP contribution in [0.5, 0.6) is 0 Å². The lowest BCUT2D eigenvalue weighted by Gasteiger charge is -2.57. The third-order valence-electron chi connectivity index (χ3n) is 9.64. The van der Waals surface area contributed by atoms with Gasteiger partial charge in [0.1, 0.15) is 12.6 Å². The summed E-state index contributed by atoms with van der Waals surface area (Å²) in [5.74, 6) is 1.80. The Morgan fingerprint density at radius 2 is 1.61 bits per heavy atom.